The highest BCUT2D eigenvalue weighted by molar-refractivity contribution is 7.16. The molecule has 47 heavy (non-hydrogen) atoms. The Hall–Kier alpha value is -3.83. The molecule has 4 rings (SSSR count). The maximum absolute atomic E-state index is 13.7. The van der Waals surface area contributed by atoms with Gasteiger partial charge < -0.3 is 14.7 Å². The van der Waals surface area contributed by atoms with E-state index in [0.717, 1.165) is 24.2 Å². The van der Waals surface area contributed by atoms with Crippen molar-refractivity contribution in [1.82, 2.24) is 19.9 Å². The summed E-state index contributed by atoms with van der Waals surface area (Å²) in [4.78, 5) is 41.2. The van der Waals surface area contributed by atoms with Crippen LogP contribution in [0.2, 0.25) is 0 Å². The van der Waals surface area contributed by atoms with E-state index in [4.69, 9.17) is 4.74 Å². The molecule has 3 aromatic rings. The van der Waals surface area contributed by atoms with Gasteiger partial charge in [-0.1, -0.05) is 24.7 Å². The molecule has 0 unspecified atom stereocenters. The van der Waals surface area contributed by atoms with E-state index in [1.54, 1.807) is 0 Å². The first kappa shape index (κ1) is 36.0. The molecule has 1 saturated heterocycles. The summed E-state index contributed by atoms with van der Waals surface area (Å²) in [5, 5.41) is 11.7. The topological polar surface area (TPSA) is 121 Å². The maximum Gasteiger partial charge on any atom is 0.416 e. The standard InChI is InChI=1S/C30H34F6N6O4S/c1-3-4-7-41(10-11-46-2)17-23-25(19-12-20(29(31,32)33)14-21(13-19)30(34,35)36)39-28(47-23)40-26(43)22-15-38-24(16-37-22)42-8-5-18(6-9-42)27(44)45/h12-16,18H,3-11,17H2,1-2H3,(H,44,45)(H,39,40,43). The number of piperidine rings is 1. The first-order valence-electron chi connectivity index (χ1n) is 14.8. The molecule has 1 amide bonds. The lowest BCUT2D eigenvalue weighted by molar-refractivity contribution is -0.144. The molecule has 256 valence electrons. The largest absolute Gasteiger partial charge is 0.481 e. The Labute approximate surface area is 270 Å². The lowest BCUT2D eigenvalue weighted by Gasteiger charge is -2.30. The van der Waals surface area contributed by atoms with Gasteiger partial charge >= 0.3 is 18.3 Å². The quantitative estimate of drug-likeness (QED) is 0.196. The van der Waals surface area contributed by atoms with Crippen molar-refractivity contribution in [2.45, 2.75) is 51.5 Å². The Bertz CT molecular complexity index is 1480. The Kier molecular flexibility index (Phi) is 11.8. The van der Waals surface area contributed by atoms with Crippen LogP contribution in [0, 0.1) is 5.92 Å². The molecule has 2 aromatic heterocycles. The molecule has 2 N–H and O–H groups in total. The van der Waals surface area contributed by atoms with E-state index in [1.165, 1.54) is 19.5 Å². The van der Waals surface area contributed by atoms with Crippen LogP contribution in [0.4, 0.5) is 37.3 Å². The number of methoxy groups -OCH3 is 1. The third kappa shape index (κ3) is 9.60. The van der Waals surface area contributed by atoms with Crippen LogP contribution in [-0.4, -0.2) is 76.7 Å². The van der Waals surface area contributed by atoms with Crippen LogP contribution in [0.1, 0.15) is 59.1 Å². The Morgan fingerprint density at radius 1 is 1.04 bits per heavy atom. The summed E-state index contributed by atoms with van der Waals surface area (Å²) in [7, 11) is 1.52. The summed E-state index contributed by atoms with van der Waals surface area (Å²) in [5.41, 5.74) is -3.56. The summed E-state index contributed by atoms with van der Waals surface area (Å²) >= 11 is 0.935. The van der Waals surface area contributed by atoms with Crippen molar-refractivity contribution in [3.63, 3.8) is 0 Å². The molecule has 1 aliphatic heterocycles. The molecule has 0 aliphatic carbocycles. The number of anilines is 2. The van der Waals surface area contributed by atoms with Crippen molar-refractivity contribution in [2.75, 3.05) is 50.1 Å². The second kappa shape index (κ2) is 15.4. The first-order valence-corrected chi connectivity index (χ1v) is 15.6. The summed E-state index contributed by atoms with van der Waals surface area (Å²) in [6, 6.07) is 1.30. The van der Waals surface area contributed by atoms with Gasteiger partial charge in [0.15, 0.2) is 5.13 Å². The molecule has 0 spiro atoms. The molecule has 0 radical (unpaired) electrons. The average Bonchev–Trinajstić information content (AvgIpc) is 3.43. The molecule has 10 nitrogen and oxygen atoms in total. The minimum absolute atomic E-state index is 0.0465. The highest BCUT2D eigenvalue weighted by Gasteiger charge is 2.37. The van der Waals surface area contributed by atoms with Crippen LogP contribution in [0.3, 0.4) is 0 Å². The number of benzene rings is 1. The zero-order valence-corrected chi connectivity index (χ0v) is 26.4. The van der Waals surface area contributed by atoms with E-state index in [1.807, 2.05) is 16.7 Å². The van der Waals surface area contributed by atoms with Gasteiger partial charge in [0.05, 0.1) is 41.7 Å². The van der Waals surface area contributed by atoms with Gasteiger partial charge in [-0.15, -0.1) is 0 Å². The van der Waals surface area contributed by atoms with Crippen LogP contribution in [0.25, 0.3) is 11.3 Å². The van der Waals surface area contributed by atoms with E-state index >= 15 is 0 Å². The van der Waals surface area contributed by atoms with Crippen LogP contribution >= 0.6 is 11.3 Å². The summed E-state index contributed by atoms with van der Waals surface area (Å²) < 4.78 is 87.4. The van der Waals surface area contributed by atoms with E-state index in [0.29, 0.717) is 68.5 Å². The minimum Gasteiger partial charge on any atom is -0.481 e. The van der Waals surface area contributed by atoms with Crippen LogP contribution in [-0.2, 0) is 28.4 Å². The van der Waals surface area contributed by atoms with Gasteiger partial charge in [-0.3, -0.25) is 19.8 Å². The number of carbonyl (C=O) groups is 2. The molecule has 17 heteroatoms. The highest BCUT2D eigenvalue weighted by atomic mass is 32.1. The first-order chi connectivity index (χ1) is 22.2. The predicted octanol–water partition coefficient (Wildman–Crippen LogP) is 6.44. The predicted molar refractivity (Wildman–Crippen MR) is 162 cm³/mol. The Balaban J connectivity index is 1.64. The SMILES string of the molecule is CCCCN(CCOC)Cc1sc(NC(=O)c2cnc(N3CCC(C(=O)O)CC3)cn2)nc1-c1cc(C(F)(F)F)cc(C(F)(F)F)c1. The number of thiazole rings is 1. The lowest BCUT2D eigenvalue weighted by atomic mass is 9.97. The van der Waals surface area contributed by atoms with Gasteiger partial charge in [-0.05, 0) is 44.0 Å². The normalized spacial score (nSPS) is 14.5. The zero-order chi connectivity index (χ0) is 34.4. The van der Waals surface area contributed by atoms with Crippen LogP contribution in [0.5, 0.6) is 0 Å². The third-order valence-electron chi connectivity index (χ3n) is 7.62. The molecular weight excluding hydrogens is 654 g/mol. The molecule has 1 aromatic carbocycles. The lowest BCUT2D eigenvalue weighted by Crippen LogP contribution is -2.36. The molecule has 1 aliphatic rings. The summed E-state index contributed by atoms with van der Waals surface area (Å²) in [6.45, 7) is 4.40. The van der Waals surface area contributed by atoms with Gasteiger partial charge in [0.1, 0.15) is 11.5 Å². The minimum atomic E-state index is -5.05. The van der Waals surface area contributed by atoms with Gasteiger partial charge in [-0.2, -0.15) is 26.3 Å². The number of alkyl halides is 6. The molecule has 0 atom stereocenters. The number of nitrogens with zero attached hydrogens (tertiary/aromatic N) is 5. The van der Waals surface area contributed by atoms with Crippen molar-refractivity contribution in [3.8, 4) is 11.3 Å². The maximum atomic E-state index is 13.7. The molecule has 0 saturated carbocycles. The van der Waals surface area contributed by atoms with Crippen molar-refractivity contribution < 1.29 is 45.8 Å². The fourth-order valence-electron chi connectivity index (χ4n) is 5.02. The van der Waals surface area contributed by atoms with E-state index in [-0.39, 0.29) is 29.1 Å². The number of nitrogens with one attached hydrogen (secondary N) is 1. The number of hydrogen-bond acceptors (Lipinski definition) is 9. The Morgan fingerprint density at radius 3 is 2.23 bits per heavy atom. The number of carboxylic acid groups (broad SMARTS) is 1. The smallest absolute Gasteiger partial charge is 0.416 e. The van der Waals surface area contributed by atoms with Gasteiger partial charge in [0.2, 0.25) is 0 Å². The van der Waals surface area contributed by atoms with E-state index in [9.17, 15) is 41.0 Å². The highest BCUT2D eigenvalue weighted by Crippen LogP contribution is 2.41. The number of halogens is 6. The summed E-state index contributed by atoms with van der Waals surface area (Å²) in [6.07, 6.45) is -4.99. The number of unbranched alkanes of at least 4 members (excludes halogenated alkanes) is 1. The fourth-order valence-corrected chi connectivity index (χ4v) is 6.04. The molecule has 0 bridgehead atoms. The van der Waals surface area contributed by atoms with Crippen LogP contribution in [0.15, 0.2) is 30.6 Å². The van der Waals surface area contributed by atoms with Gasteiger partial charge in [0.25, 0.3) is 5.91 Å². The number of aliphatic carboxylic acids is 1. The second-order valence-corrected chi connectivity index (χ2v) is 12.1. The number of rotatable bonds is 13. The van der Waals surface area contributed by atoms with Crippen molar-refractivity contribution >= 4 is 34.2 Å². The van der Waals surface area contributed by atoms with Crippen molar-refractivity contribution in [2.24, 2.45) is 5.92 Å². The molecule has 1 fully saturated rings. The van der Waals surface area contributed by atoms with Gasteiger partial charge in [-0.25, -0.2) is 15.0 Å². The van der Waals surface area contributed by atoms with Gasteiger partial charge in [0, 0.05) is 43.7 Å². The number of carbonyl (C=O) groups excluding carboxylic acids is 1. The van der Waals surface area contributed by atoms with E-state index < -0.39 is 46.8 Å². The number of ether oxygens (including phenoxy) is 1. The fraction of sp³-hybridized carbons (Fsp3) is 0.500. The number of carboxylic acids is 1. The number of hydrogen-bond donors (Lipinski definition) is 2. The number of amides is 1. The second-order valence-electron chi connectivity index (χ2n) is 11.0. The Morgan fingerprint density at radius 2 is 1.70 bits per heavy atom. The van der Waals surface area contributed by atoms with Crippen LogP contribution < -0.4 is 10.2 Å². The monoisotopic (exact) mass is 688 g/mol. The third-order valence-corrected chi connectivity index (χ3v) is 8.58. The molecular formula is C30H34F6N6O4S. The van der Waals surface area contributed by atoms with Crippen molar-refractivity contribution in [1.29, 1.82) is 0 Å². The number of aromatic nitrogens is 3. The van der Waals surface area contributed by atoms with E-state index in [2.05, 4.69) is 20.3 Å². The summed E-state index contributed by atoms with van der Waals surface area (Å²) in [5.74, 6) is -1.57. The van der Waals surface area contributed by atoms with Crippen molar-refractivity contribution in [3.05, 3.63) is 52.3 Å². The zero-order valence-electron chi connectivity index (χ0n) is 25.6. The molecule has 3 heterocycles. The average molecular weight is 689 g/mol.